The van der Waals surface area contributed by atoms with Crippen LogP contribution in [0.1, 0.15) is 68.4 Å². The molecule has 1 aromatic carbocycles. The lowest BCUT2D eigenvalue weighted by atomic mass is 10.0. The Morgan fingerprint density at radius 1 is 1.11 bits per heavy atom. The molecule has 10 nitrogen and oxygen atoms in total. The van der Waals surface area contributed by atoms with Gasteiger partial charge in [-0.05, 0) is 39.2 Å². The second-order valence-corrected chi connectivity index (χ2v) is 9.00. The third kappa shape index (κ3) is 7.66. The molecule has 1 saturated carbocycles. The van der Waals surface area contributed by atoms with Gasteiger partial charge in [0.2, 0.25) is 17.7 Å². The van der Waals surface area contributed by atoms with E-state index in [4.69, 9.17) is 9.26 Å². The van der Waals surface area contributed by atoms with Gasteiger partial charge in [-0.1, -0.05) is 47.8 Å². The Morgan fingerprint density at radius 2 is 1.81 bits per heavy atom. The van der Waals surface area contributed by atoms with Crippen molar-refractivity contribution >= 4 is 29.5 Å². The maximum Gasteiger partial charge on any atom is 0.325 e. The van der Waals surface area contributed by atoms with E-state index in [1.807, 2.05) is 19.1 Å². The first-order chi connectivity index (χ1) is 17.3. The van der Waals surface area contributed by atoms with Crippen LogP contribution in [0.3, 0.4) is 0 Å². The fourth-order valence-electron chi connectivity index (χ4n) is 4.24. The van der Waals surface area contributed by atoms with Gasteiger partial charge in [0.15, 0.2) is 5.82 Å². The van der Waals surface area contributed by atoms with E-state index in [2.05, 4.69) is 15.8 Å². The summed E-state index contributed by atoms with van der Waals surface area (Å²) in [5.41, 5.74) is 1.58. The van der Waals surface area contributed by atoms with E-state index in [0.717, 1.165) is 31.2 Å². The molecule has 3 rings (SSSR count). The number of hydrogen-bond acceptors (Lipinski definition) is 7. The Morgan fingerprint density at radius 3 is 2.42 bits per heavy atom. The molecule has 0 bridgehead atoms. The normalized spacial score (nSPS) is 14.2. The number of aromatic nitrogens is 1. The number of nitrogens with one attached hydrogen (secondary N) is 2. The molecule has 2 N–H and O–H groups in total. The third-order valence-electron chi connectivity index (χ3n) is 6.04. The summed E-state index contributed by atoms with van der Waals surface area (Å²) >= 11 is 0. The Hall–Kier alpha value is -3.69. The van der Waals surface area contributed by atoms with E-state index in [1.165, 1.54) is 4.90 Å². The first-order valence-corrected chi connectivity index (χ1v) is 12.3. The molecule has 3 amide bonds. The Kier molecular flexibility index (Phi) is 9.61. The molecule has 36 heavy (non-hydrogen) atoms. The van der Waals surface area contributed by atoms with Gasteiger partial charge in [0.1, 0.15) is 18.3 Å². The first kappa shape index (κ1) is 26.9. The molecule has 10 heteroatoms. The van der Waals surface area contributed by atoms with Gasteiger partial charge in [0, 0.05) is 24.9 Å². The molecule has 0 aliphatic heterocycles. The molecule has 1 fully saturated rings. The summed E-state index contributed by atoms with van der Waals surface area (Å²) < 4.78 is 10.0. The number of nitrogens with zero attached hydrogens (tertiary/aromatic N) is 2. The molecule has 1 unspecified atom stereocenters. The van der Waals surface area contributed by atoms with E-state index in [9.17, 15) is 19.2 Å². The van der Waals surface area contributed by atoms with Crippen molar-refractivity contribution in [1.82, 2.24) is 15.4 Å². The molecule has 1 aromatic heterocycles. The average molecular weight is 499 g/mol. The first-order valence-electron chi connectivity index (χ1n) is 12.3. The SMILES string of the molecule is CCOC(=O)CN(C(=O)CCC(=O)Nc1cc(C)on1)C(C(=O)NC1CCCC1)c1ccc(C)cc1. The molecule has 1 atom stereocenters. The van der Waals surface area contributed by atoms with Crippen LogP contribution >= 0.6 is 0 Å². The average Bonchev–Trinajstić information content (AvgIpc) is 3.50. The van der Waals surface area contributed by atoms with E-state index >= 15 is 0 Å². The van der Waals surface area contributed by atoms with Crippen LogP contribution in [0.4, 0.5) is 5.82 Å². The lowest BCUT2D eigenvalue weighted by Gasteiger charge is -2.31. The zero-order valence-electron chi connectivity index (χ0n) is 21.0. The molecule has 0 saturated heterocycles. The highest BCUT2D eigenvalue weighted by atomic mass is 16.5. The van der Waals surface area contributed by atoms with Gasteiger partial charge >= 0.3 is 5.97 Å². The van der Waals surface area contributed by atoms with E-state index in [1.54, 1.807) is 32.0 Å². The lowest BCUT2D eigenvalue weighted by Crippen LogP contribution is -2.48. The van der Waals surface area contributed by atoms with Crippen LogP contribution in [0.25, 0.3) is 0 Å². The number of aryl methyl sites for hydroxylation is 2. The number of esters is 1. The van der Waals surface area contributed by atoms with Crippen LogP contribution in [-0.4, -0.2) is 52.9 Å². The van der Waals surface area contributed by atoms with Gasteiger partial charge in [-0.15, -0.1) is 0 Å². The van der Waals surface area contributed by atoms with Gasteiger partial charge in [0.25, 0.3) is 0 Å². The highest BCUT2D eigenvalue weighted by molar-refractivity contribution is 5.95. The summed E-state index contributed by atoms with van der Waals surface area (Å²) in [6.07, 6.45) is 3.45. The molecular formula is C26H34N4O6. The Labute approximate surface area is 210 Å². The molecule has 0 spiro atoms. The molecule has 1 aliphatic carbocycles. The predicted octanol–water partition coefficient (Wildman–Crippen LogP) is 3.20. The Bertz CT molecular complexity index is 1060. The summed E-state index contributed by atoms with van der Waals surface area (Å²) in [4.78, 5) is 52.9. The van der Waals surface area contributed by atoms with Crippen molar-refractivity contribution < 1.29 is 28.4 Å². The van der Waals surface area contributed by atoms with Crippen LogP contribution in [-0.2, 0) is 23.9 Å². The number of rotatable bonds is 11. The summed E-state index contributed by atoms with van der Waals surface area (Å²) in [6, 6.07) is 7.81. The number of carbonyl (C=O) groups excluding carboxylic acids is 4. The molecule has 0 radical (unpaired) electrons. The van der Waals surface area contributed by atoms with E-state index in [0.29, 0.717) is 11.3 Å². The van der Waals surface area contributed by atoms with Crippen molar-refractivity contribution in [2.24, 2.45) is 0 Å². The number of benzene rings is 1. The van der Waals surface area contributed by atoms with Crippen LogP contribution in [0.2, 0.25) is 0 Å². The van der Waals surface area contributed by atoms with Crippen LogP contribution < -0.4 is 10.6 Å². The quantitative estimate of drug-likeness (QED) is 0.455. The van der Waals surface area contributed by atoms with Crippen molar-refractivity contribution in [3.05, 3.63) is 47.2 Å². The largest absolute Gasteiger partial charge is 0.465 e. The maximum atomic E-state index is 13.5. The fourth-order valence-corrected chi connectivity index (χ4v) is 4.24. The standard InChI is InChI=1S/C26H34N4O6/c1-4-35-24(33)16-30(23(32)14-13-22(31)28-21-15-18(3)36-29-21)25(19-11-9-17(2)10-12-19)26(34)27-20-7-5-6-8-20/h9-12,15,20,25H,4-8,13-14,16H2,1-3H3,(H,27,34)(H,28,29,31). The molecule has 1 heterocycles. The van der Waals surface area contributed by atoms with E-state index in [-0.39, 0.29) is 37.2 Å². The van der Waals surface area contributed by atoms with E-state index < -0.39 is 30.4 Å². The monoisotopic (exact) mass is 498 g/mol. The van der Waals surface area contributed by atoms with Crippen molar-refractivity contribution in [2.75, 3.05) is 18.5 Å². The molecular weight excluding hydrogens is 464 g/mol. The number of anilines is 1. The second-order valence-electron chi connectivity index (χ2n) is 9.00. The summed E-state index contributed by atoms with van der Waals surface area (Å²) in [6.45, 7) is 5.02. The molecule has 2 aromatic rings. The van der Waals surface area contributed by atoms with Crippen LogP contribution in [0, 0.1) is 13.8 Å². The molecule has 194 valence electrons. The van der Waals surface area contributed by atoms with Crippen LogP contribution in [0.5, 0.6) is 0 Å². The number of hydrogen-bond donors (Lipinski definition) is 2. The Balaban J connectivity index is 1.81. The van der Waals surface area contributed by atoms with Crippen molar-refractivity contribution in [1.29, 1.82) is 0 Å². The van der Waals surface area contributed by atoms with Gasteiger partial charge in [0.05, 0.1) is 6.61 Å². The number of carbonyl (C=O) groups is 4. The zero-order valence-corrected chi connectivity index (χ0v) is 21.0. The summed E-state index contributed by atoms with van der Waals surface area (Å²) in [5.74, 6) is -1.14. The van der Waals surface area contributed by atoms with Gasteiger partial charge in [-0.25, -0.2) is 0 Å². The van der Waals surface area contributed by atoms with Crippen molar-refractivity contribution in [3.63, 3.8) is 0 Å². The van der Waals surface area contributed by atoms with Crippen molar-refractivity contribution in [2.45, 2.75) is 71.4 Å². The fraction of sp³-hybridized carbons (Fsp3) is 0.500. The van der Waals surface area contributed by atoms with Gasteiger partial charge in [-0.2, -0.15) is 0 Å². The maximum absolute atomic E-state index is 13.5. The van der Waals surface area contributed by atoms with Crippen molar-refractivity contribution in [3.8, 4) is 0 Å². The lowest BCUT2D eigenvalue weighted by molar-refractivity contribution is -0.152. The predicted molar refractivity (Wildman–Crippen MR) is 132 cm³/mol. The minimum Gasteiger partial charge on any atom is -0.465 e. The third-order valence-corrected chi connectivity index (χ3v) is 6.04. The smallest absolute Gasteiger partial charge is 0.325 e. The van der Waals surface area contributed by atoms with Gasteiger partial charge in [-0.3, -0.25) is 19.2 Å². The number of amides is 3. The highest BCUT2D eigenvalue weighted by Gasteiger charge is 2.34. The van der Waals surface area contributed by atoms with Crippen LogP contribution in [0.15, 0.2) is 34.9 Å². The highest BCUT2D eigenvalue weighted by Crippen LogP contribution is 2.25. The van der Waals surface area contributed by atoms with Gasteiger partial charge < -0.3 is 24.8 Å². The second kappa shape index (κ2) is 12.9. The number of ether oxygens (including phenoxy) is 1. The summed E-state index contributed by atoms with van der Waals surface area (Å²) in [5, 5.41) is 9.33. The minimum absolute atomic E-state index is 0.0293. The summed E-state index contributed by atoms with van der Waals surface area (Å²) in [7, 11) is 0. The minimum atomic E-state index is -1.04. The topological polar surface area (TPSA) is 131 Å². The molecule has 1 aliphatic rings. The zero-order chi connectivity index (χ0) is 26.1.